The molecule has 1 atom stereocenters. The molecule has 1 rings (SSSR count). The second kappa shape index (κ2) is 7.50. The number of nitrogens with zero attached hydrogens (tertiary/aromatic N) is 1. The Hall–Kier alpha value is -0.810. The van der Waals surface area contributed by atoms with E-state index < -0.39 is 0 Å². The first-order chi connectivity index (χ1) is 8.15. The largest absolute Gasteiger partial charge is 0.378 e. The molecule has 17 heavy (non-hydrogen) atoms. The molecular weight excluding hydrogens is 244 g/mol. The minimum Gasteiger partial charge on any atom is -0.378 e. The number of amides is 2. The van der Waals surface area contributed by atoms with Gasteiger partial charge in [0, 0.05) is 37.9 Å². The molecule has 0 saturated carbocycles. The van der Waals surface area contributed by atoms with Gasteiger partial charge in [-0.3, -0.25) is 9.59 Å². The van der Waals surface area contributed by atoms with Gasteiger partial charge in [0.15, 0.2) is 0 Å². The van der Waals surface area contributed by atoms with Gasteiger partial charge in [-0.15, -0.1) is 11.6 Å². The molecule has 2 amide bonds. The highest BCUT2D eigenvalue weighted by atomic mass is 35.5. The third-order valence-corrected chi connectivity index (χ3v) is 3.14. The summed E-state index contributed by atoms with van der Waals surface area (Å²) in [4.78, 5) is 24.9. The van der Waals surface area contributed by atoms with Crippen molar-refractivity contribution in [2.75, 3.05) is 38.7 Å². The molecule has 0 aliphatic carbocycles. The zero-order chi connectivity index (χ0) is 12.7. The fourth-order valence-electron chi connectivity index (χ4n) is 1.51. The molecule has 0 radical (unpaired) electrons. The lowest BCUT2D eigenvalue weighted by molar-refractivity contribution is -0.135. The molecule has 1 unspecified atom stereocenters. The maximum atomic E-state index is 11.7. The highest BCUT2D eigenvalue weighted by Crippen LogP contribution is 2.00. The molecule has 1 heterocycles. The second-order valence-electron chi connectivity index (χ2n) is 4.09. The van der Waals surface area contributed by atoms with E-state index in [1.54, 1.807) is 11.8 Å². The van der Waals surface area contributed by atoms with Crippen LogP contribution in [-0.4, -0.2) is 55.4 Å². The standard InChI is InChI=1S/C11H19ClN2O3/c1-9(8-12)11(16)13-3-2-10(15)14-4-6-17-7-5-14/h9H,2-8H2,1H3,(H,13,16). The van der Waals surface area contributed by atoms with Crippen molar-refractivity contribution in [2.45, 2.75) is 13.3 Å². The Morgan fingerprint density at radius 3 is 2.65 bits per heavy atom. The van der Waals surface area contributed by atoms with Crippen molar-refractivity contribution in [1.29, 1.82) is 0 Å². The average molecular weight is 263 g/mol. The summed E-state index contributed by atoms with van der Waals surface area (Å²) >= 11 is 5.56. The minimum absolute atomic E-state index is 0.0622. The lowest BCUT2D eigenvalue weighted by Gasteiger charge is -2.26. The van der Waals surface area contributed by atoms with Crippen molar-refractivity contribution >= 4 is 23.4 Å². The van der Waals surface area contributed by atoms with Crippen LogP contribution >= 0.6 is 11.6 Å². The Morgan fingerprint density at radius 2 is 2.06 bits per heavy atom. The zero-order valence-electron chi connectivity index (χ0n) is 10.1. The van der Waals surface area contributed by atoms with E-state index in [1.807, 2.05) is 0 Å². The Morgan fingerprint density at radius 1 is 1.41 bits per heavy atom. The Bertz CT molecular complexity index is 267. The lowest BCUT2D eigenvalue weighted by atomic mass is 10.2. The monoisotopic (exact) mass is 262 g/mol. The van der Waals surface area contributed by atoms with Gasteiger partial charge in [-0.05, 0) is 0 Å². The highest BCUT2D eigenvalue weighted by Gasteiger charge is 2.17. The van der Waals surface area contributed by atoms with Gasteiger partial charge in [-0.2, -0.15) is 0 Å². The number of morpholine rings is 1. The SMILES string of the molecule is CC(CCl)C(=O)NCCC(=O)N1CCOCC1. The van der Waals surface area contributed by atoms with Crippen LogP contribution < -0.4 is 5.32 Å². The minimum atomic E-state index is -0.213. The maximum absolute atomic E-state index is 11.7. The van der Waals surface area contributed by atoms with Crippen molar-refractivity contribution in [3.05, 3.63) is 0 Å². The van der Waals surface area contributed by atoms with Crippen molar-refractivity contribution in [3.8, 4) is 0 Å². The number of carbonyl (C=O) groups is 2. The smallest absolute Gasteiger partial charge is 0.224 e. The van der Waals surface area contributed by atoms with Crippen LogP contribution in [0.4, 0.5) is 0 Å². The molecule has 1 N–H and O–H groups in total. The molecule has 0 spiro atoms. The van der Waals surface area contributed by atoms with Gasteiger partial charge in [-0.25, -0.2) is 0 Å². The summed E-state index contributed by atoms with van der Waals surface area (Å²) in [7, 11) is 0. The van der Waals surface area contributed by atoms with Crippen LogP contribution in [0.25, 0.3) is 0 Å². The topological polar surface area (TPSA) is 58.6 Å². The molecule has 1 aliphatic rings. The summed E-state index contributed by atoms with van der Waals surface area (Å²) in [6.07, 6.45) is 0.334. The second-order valence-corrected chi connectivity index (χ2v) is 4.40. The molecule has 1 fully saturated rings. The number of halogens is 1. The number of hydrogen-bond donors (Lipinski definition) is 1. The fourth-order valence-corrected chi connectivity index (χ4v) is 1.65. The van der Waals surface area contributed by atoms with E-state index in [1.165, 1.54) is 0 Å². The number of ether oxygens (including phenoxy) is 1. The third kappa shape index (κ3) is 4.91. The molecule has 5 nitrogen and oxygen atoms in total. The van der Waals surface area contributed by atoms with Crippen LogP contribution in [0.5, 0.6) is 0 Å². The molecule has 0 aromatic carbocycles. The summed E-state index contributed by atoms with van der Waals surface area (Å²) in [5, 5.41) is 2.70. The number of hydrogen-bond acceptors (Lipinski definition) is 3. The van der Waals surface area contributed by atoms with Gasteiger partial charge < -0.3 is 15.0 Å². The molecule has 98 valence electrons. The van der Waals surface area contributed by atoms with Crippen LogP contribution in [-0.2, 0) is 14.3 Å². The first-order valence-electron chi connectivity index (χ1n) is 5.84. The van der Waals surface area contributed by atoms with Gasteiger partial charge in [0.25, 0.3) is 0 Å². The number of alkyl halides is 1. The Kier molecular flexibility index (Phi) is 6.29. The molecule has 0 aromatic rings. The van der Waals surface area contributed by atoms with Gasteiger partial charge in [0.05, 0.1) is 13.2 Å². The molecule has 1 saturated heterocycles. The summed E-state index contributed by atoms with van der Waals surface area (Å²) in [6, 6.07) is 0. The quantitative estimate of drug-likeness (QED) is 0.722. The van der Waals surface area contributed by atoms with Crippen LogP contribution in [0.2, 0.25) is 0 Å². The Balaban J connectivity index is 2.17. The number of carbonyl (C=O) groups excluding carboxylic acids is 2. The first-order valence-corrected chi connectivity index (χ1v) is 6.37. The van der Waals surface area contributed by atoms with E-state index in [2.05, 4.69) is 5.32 Å². The van der Waals surface area contributed by atoms with E-state index >= 15 is 0 Å². The summed E-state index contributed by atoms with van der Waals surface area (Å²) < 4.78 is 5.16. The third-order valence-electron chi connectivity index (χ3n) is 2.68. The van der Waals surface area contributed by atoms with E-state index in [-0.39, 0.29) is 17.7 Å². The first kappa shape index (κ1) is 14.3. The van der Waals surface area contributed by atoms with E-state index in [0.29, 0.717) is 45.1 Å². The van der Waals surface area contributed by atoms with Gasteiger partial charge in [-0.1, -0.05) is 6.92 Å². The lowest BCUT2D eigenvalue weighted by Crippen LogP contribution is -2.42. The molecule has 1 aliphatic heterocycles. The van der Waals surface area contributed by atoms with Gasteiger partial charge in [0.2, 0.25) is 11.8 Å². The highest BCUT2D eigenvalue weighted by molar-refractivity contribution is 6.19. The van der Waals surface area contributed by atoms with Gasteiger partial charge in [0.1, 0.15) is 0 Å². The predicted octanol–water partition coefficient (Wildman–Crippen LogP) is 0.226. The molecular formula is C11H19ClN2O3. The predicted molar refractivity (Wildman–Crippen MR) is 64.9 cm³/mol. The van der Waals surface area contributed by atoms with Crippen LogP contribution in [0.1, 0.15) is 13.3 Å². The molecule has 0 aromatic heterocycles. The summed E-state index contributed by atoms with van der Waals surface area (Å²) in [5.41, 5.74) is 0. The van der Waals surface area contributed by atoms with E-state index in [9.17, 15) is 9.59 Å². The normalized spacial score (nSPS) is 17.6. The van der Waals surface area contributed by atoms with Crippen LogP contribution in [0.3, 0.4) is 0 Å². The summed E-state index contributed by atoms with van der Waals surface area (Å²) in [6.45, 7) is 4.61. The van der Waals surface area contributed by atoms with Crippen molar-refractivity contribution < 1.29 is 14.3 Å². The number of nitrogens with one attached hydrogen (secondary N) is 1. The van der Waals surface area contributed by atoms with Crippen molar-refractivity contribution in [1.82, 2.24) is 10.2 Å². The zero-order valence-corrected chi connectivity index (χ0v) is 10.8. The molecule has 6 heteroatoms. The van der Waals surface area contributed by atoms with E-state index in [4.69, 9.17) is 16.3 Å². The van der Waals surface area contributed by atoms with Crippen molar-refractivity contribution in [3.63, 3.8) is 0 Å². The van der Waals surface area contributed by atoms with Crippen molar-refractivity contribution in [2.24, 2.45) is 5.92 Å². The van der Waals surface area contributed by atoms with Gasteiger partial charge >= 0.3 is 0 Å². The average Bonchev–Trinajstić information content (AvgIpc) is 2.38. The van der Waals surface area contributed by atoms with Crippen LogP contribution in [0.15, 0.2) is 0 Å². The van der Waals surface area contributed by atoms with E-state index in [0.717, 1.165) is 0 Å². The summed E-state index contributed by atoms with van der Waals surface area (Å²) in [5.74, 6) is 0.0422. The fraction of sp³-hybridized carbons (Fsp3) is 0.818. The Labute approximate surface area is 106 Å². The van der Waals surface area contributed by atoms with Crippen LogP contribution in [0, 0.1) is 5.92 Å². The maximum Gasteiger partial charge on any atom is 0.224 e. The number of rotatable bonds is 5. The molecule has 0 bridgehead atoms.